The second-order valence-corrected chi connectivity index (χ2v) is 1.21. The van der Waals surface area contributed by atoms with Gasteiger partial charge in [0.1, 0.15) is 0 Å². The van der Waals surface area contributed by atoms with E-state index < -0.39 is 5.91 Å². The summed E-state index contributed by atoms with van der Waals surface area (Å²) in [5, 5.41) is 9.41. The Morgan fingerprint density at radius 3 is 2.29 bits per heavy atom. The first-order valence-electron chi connectivity index (χ1n) is 1.76. The van der Waals surface area contributed by atoms with Crippen molar-refractivity contribution in [3.63, 3.8) is 0 Å². The van der Waals surface area contributed by atoms with Crippen molar-refractivity contribution in [1.82, 2.24) is 5.48 Å². The minimum atomic E-state index is -0.653. The van der Waals surface area contributed by atoms with Gasteiger partial charge in [-0.3, -0.25) is 4.79 Å². The third-order valence-corrected chi connectivity index (χ3v) is 0.480. The molecule has 0 spiro atoms. The van der Waals surface area contributed by atoms with Crippen LogP contribution in [0.3, 0.4) is 0 Å². The second kappa shape index (κ2) is 2.36. The zero-order valence-corrected chi connectivity index (χ0v) is 4.02. The monoisotopic (exact) mass is 100 g/mol. The first-order chi connectivity index (χ1) is 3.18. The summed E-state index contributed by atoms with van der Waals surface area (Å²) in [4.78, 5) is 9.99. The van der Waals surface area contributed by atoms with E-state index in [1.165, 1.54) is 12.4 Å². The van der Waals surface area contributed by atoms with Crippen LogP contribution in [0.4, 0.5) is 0 Å². The summed E-state index contributed by atoms with van der Waals surface area (Å²) >= 11 is 0. The molecule has 0 aliphatic carbocycles. The molecule has 0 fully saturated rings. The lowest BCUT2D eigenvalue weighted by Gasteiger charge is -2.04. The van der Waals surface area contributed by atoms with Crippen LogP contribution in [-0.4, -0.2) is 5.91 Å². The molecule has 7 heavy (non-hydrogen) atoms. The Labute approximate surface area is 41.6 Å². The van der Waals surface area contributed by atoms with E-state index in [0.29, 0.717) is 0 Å². The van der Waals surface area contributed by atoms with E-state index in [4.69, 9.17) is 0 Å². The molecule has 0 aliphatic heterocycles. The highest BCUT2D eigenvalue weighted by atomic mass is 16.5. The van der Waals surface area contributed by atoms with Crippen molar-refractivity contribution in [3.05, 3.63) is 17.4 Å². The van der Waals surface area contributed by atoms with E-state index in [2.05, 4.69) is 6.58 Å². The topological polar surface area (TPSA) is 52.2 Å². The van der Waals surface area contributed by atoms with E-state index in [1.54, 1.807) is 0 Å². The van der Waals surface area contributed by atoms with Crippen molar-refractivity contribution in [2.24, 2.45) is 0 Å². The Morgan fingerprint density at radius 2 is 2.29 bits per heavy atom. The molecular formula is C4H6NO2-. The maximum Gasteiger partial charge on any atom is 0.235 e. The number of hydrogen-bond acceptors (Lipinski definition) is 2. The van der Waals surface area contributed by atoms with Crippen molar-refractivity contribution in [1.29, 1.82) is 0 Å². The van der Waals surface area contributed by atoms with E-state index in [9.17, 15) is 10.0 Å². The van der Waals surface area contributed by atoms with Gasteiger partial charge < -0.3 is 10.7 Å². The van der Waals surface area contributed by atoms with Gasteiger partial charge in [-0.2, -0.15) is 0 Å². The average molecular weight is 100 g/mol. The zero-order valence-electron chi connectivity index (χ0n) is 4.02. The number of rotatable bonds is 1. The fourth-order valence-corrected chi connectivity index (χ4v) is 0.0871. The van der Waals surface area contributed by atoms with Gasteiger partial charge in [0.2, 0.25) is 5.91 Å². The van der Waals surface area contributed by atoms with Crippen LogP contribution in [0.1, 0.15) is 6.92 Å². The number of carbonyl (C=O) groups excluding carboxylic acids is 1. The summed E-state index contributed by atoms with van der Waals surface area (Å²) < 4.78 is 0. The van der Waals surface area contributed by atoms with Gasteiger partial charge in [-0.1, -0.05) is 6.58 Å². The van der Waals surface area contributed by atoms with E-state index in [0.717, 1.165) is 0 Å². The van der Waals surface area contributed by atoms with Crippen LogP contribution in [0, 0.1) is 5.21 Å². The van der Waals surface area contributed by atoms with Crippen LogP contribution in [0.25, 0.3) is 0 Å². The zero-order chi connectivity index (χ0) is 5.86. The highest BCUT2D eigenvalue weighted by Gasteiger charge is 1.89. The lowest BCUT2D eigenvalue weighted by Crippen LogP contribution is -2.15. The Bertz CT molecular complexity index is 97.9. The second-order valence-electron chi connectivity index (χ2n) is 1.21. The molecule has 0 aromatic rings. The average Bonchev–Trinajstić information content (AvgIpc) is 1.65. The summed E-state index contributed by atoms with van der Waals surface area (Å²) in [6, 6.07) is 0. The molecule has 0 aliphatic rings. The first-order valence-corrected chi connectivity index (χ1v) is 1.76. The molecule has 0 atom stereocenters. The van der Waals surface area contributed by atoms with Crippen LogP contribution in [0.15, 0.2) is 12.2 Å². The van der Waals surface area contributed by atoms with Gasteiger partial charge >= 0.3 is 0 Å². The van der Waals surface area contributed by atoms with Crippen LogP contribution in [0.5, 0.6) is 0 Å². The predicted molar refractivity (Wildman–Crippen MR) is 26.3 cm³/mol. The smallest absolute Gasteiger partial charge is 0.235 e. The van der Waals surface area contributed by atoms with E-state index in [1.807, 2.05) is 0 Å². The van der Waals surface area contributed by atoms with Crippen molar-refractivity contribution >= 4 is 5.91 Å². The molecule has 0 aromatic heterocycles. The molecule has 1 N–H and O–H groups in total. The van der Waals surface area contributed by atoms with Gasteiger partial charge in [-0.25, -0.2) is 0 Å². The predicted octanol–water partition coefficient (Wildman–Crippen LogP) is 0.176. The van der Waals surface area contributed by atoms with E-state index in [-0.39, 0.29) is 5.57 Å². The maximum absolute atomic E-state index is 9.99. The highest BCUT2D eigenvalue weighted by molar-refractivity contribution is 5.92. The number of nitrogens with one attached hydrogen (secondary N) is 1. The van der Waals surface area contributed by atoms with Crippen molar-refractivity contribution in [2.75, 3.05) is 0 Å². The summed E-state index contributed by atoms with van der Waals surface area (Å²) in [6.07, 6.45) is 0. The molecule has 0 aromatic carbocycles. The number of carbonyl (C=O) groups is 1. The maximum atomic E-state index is 9.99. The third kappa shape index (κ3) is 1.94. The molecule has 0 bridgehead atoms. The Balaban J connectivity index is 3.58. The molecule has 0 saturated heterocycles. The minimum absolute atomic E-state index is 0.231. The largest absolute Gasteiger partial charge is 0.759 e. The molecule has 1 amide bonds. The van der Waals surface area contributed by atoms with Crippen LogP contribution in [0.2, 0.25) is 0 Å². The molecule has 0 saturated carbocycles. The molecular weight excluding hydrogens is 94.0 g/mol. The van der Waals surface area contributed by atoms with Gasteiger partial charge in [0.15, 0.2) is 0 Å². The van der Waals surface area contributed by atoms with Crippen molar-refractivity contribution in [3.8, 4) is 0 Å². The fourth-order valence-electron chi connectivity index (χ4n) is 0.0871. The van der Waals surface area contributed by atoms with Gasteiger partial charge in [0.05, 0.1) is 0 Å². The summed E-state index contributed by atoms with van der Waals surface area (Å²) in [6.45, 7) is 4.68. The Hall–Kier alpha value is -0.830. The molecule has 0 heterocycles. The first kappa shape index (κ1) is 6.17. The fraction of sp³-hybridized carbons (Fsp3) is 0.250. The van der Waals surface area contributed by atoms with Gasteiger partial charge in [0.25, 0.3) is 0 Å². The summed E-state index contributed by atoms with van der Waals surface area (Å²) in [7, 11) is 0. The van der Waals surface area contributed by atoms with Crippen molar-refractivity contribution in [2.45, 2.75) is 6.92 Å². The minimum Gasteiger partial charge on any atom is -0.759 e. The number of hydrogen-bond donors (Lipinski definition) is 1. The molecule has 0 rings (SSSR count). The molecule has 3 heteroatoms. The lowest BCUT2D eigenvalue weighted by atomic mass is 10.3. The molecule has 3 nitrogen and oxygen atoms in total. The summed E-state index contributed by atoms with van der Waals surface area (Å²) in [5.41, 5.74) is 1.41. The third-order valence-electron chi connectivity index (χ3n) is 0.480. The van der Waals surface area contributed by atoms with Crippen LogP contribution in [-0.2, 0) is 4.79 Å². The Kier molecular flexibility index (Phi) is 2.08. The molecule has 0 unspecified atom stereocenters. The normalized spacial score (nSPS) is 7.71. The number of hydroxylamine groups is 1. The SMILES string of the molecule is C=C(C)C(=O)N[O-]. The summed E-state index contributed by atoms with van der Waals surface area (Å²) in [5.74, 6) is -0.653. The number of amides is 1. The van der Waals surface area contributed by atoms with Crippen LogP contribution < -0.4 is 5.48 Å². The highest BCUT2D eigenvalue weighted by Crippen LogP contribution is 1.81. The van der Waals surface area contributed by atoms with Crippen molar-refractivity contribution < 1.29 is 4.79 Å². The standard InChI is InChI=1S/C4H6NO2/c1-3(2)4(6)5-7/h1H2,2H3,(H-,5,6,7)/q-1. The van der Waals surface area contributed by atoms with Crippen LogP contribution >= 0.6 is 0 Å². The van der Waals surface area contributed by atoms with Gasteiger partial charge in [-0.05, 0) is 6.92 Å². The quantitative estimate of drug-likeness (QED) is 0.377. The Morgan fingerprint density at radius 1 is 1.86 bits per heavy atom. The van der Waals surface area contributed by atoms with Gasteiger partial charge in [-0.15, -0.1) is 0 Å². The van der Waals surface area contributed by atoms with Gasteiger partial charge in [0, 0.05) is 5.57 Å². The molecule has 40 valence electrons. The van der Waals surface area contributed by atoms with E-state index >= 15 is 0 Å². The molecule has 0 radical (unpaired) electrons. The lowest BCUT2D eigenvalue weighted by molar-refractivity contribution is -0.116.